The fraction of sp³-hybridized carbons (Fsp3) is 0.409. The summed E-state index contributed by atoms with van der Waals surface area (Å²) in [5.74, 6) is -0.0227. The number of piperazine rings is 1. The summed E-state index contributed by atoms with van der Waals surface area (Å²) < 4.78 is 38.8. The van der Waals surface area contributed by atoms with Gasteiger partial charge in [0.25, 0.3) is 5.91 Å². The van der Waals surface area contributed by atoms with Gasteiger partial charge in [-0.1, -0.05) is 12.1 Å². The van der Waals surface area contributed by atoms with E-state index in [1.54, 1.807) is 6.07 Å². The van der Waals surface area contributed by atoms with E-state index in [0.717, 1.165) is 29.5 Å². The lowest BCUT2D eigenvalue weighted by atomic mass is 10.1. The Hall–Kier alpha value is -2.54. The van der Waals surface area contributed by atoms with Gasteiger partial charge in [-0.15, -0.1) is 0 Å². The zero-order valence-electron chi connectivity index (χ0n) is 16.2. The van der Waals surface area contributed by atoms with E-state index in [0.29, 0.717) is 38.4 Å². The fourth-order valence-corrected chi connectivity index (χ4v) is 4.22. The highest BCUT2D eigenvalue weighted by molar-refractivity contribution is 5.91. The zero-order valence-corrected chi connectivity index (χ0v) is 16.2. The van der Waals surface area contributed by atoms with Crippen LogP contribution < -0.4 is 15.1 Å². The smallest absolute Gasteiger partial charge is 0.360 e. The van der Waals surface area contributed by atoms with Crippen LogP contribution in [0, 0.1) is 0 Å². The topological polar surface area (TPSA) is 36.8 Å². The Bertz CT molecular complexity index is 889. The van der Waals surface area contributed by atoms with Gasteiger partial charge >= 0.3 is 6.18 Å². The predicted octanol–water partition coefficient (Wildman–Crippen LogP) is 2.54. The molecule has 1 aliphatic carbocycles. The predicted molar refractivity (Wildman–Crippen MR) is 106 cm³/mol. The first-order chi connectivity index (χ1) is 13.9. The molecular weight excluding hydrogens is 379 g/mol. The maximum absolute atomic E-state index is 12.9. The van der Waals surface area contributed by atoms with Gasteiger partial charge in [0.1, 0.15) is 0 Å². The number of amides is 1. The molecule has 4 rings (SSSR count). The van der Waals surface area contributed by atoms with Crippen LogP contribution >= 0.6 is 0 Å². The second-order valence-corrected chi connectivity index (χ2v) is 7.85. The van der Waals surface area contributed by atoms with E-state index < -0.39 is 11.7 Å². The number of quaternary nitrogens is 1. The quantitative estimate of drug-likeness (QED) is 0.822. The highest BCUT2D eigenvalue weighted by Crippen LogP contribution is 2.31. The molecule has 0 spiro atoms. The fourth-order valence-electron chi connectivity index (χ4n) is 4.22. The number of fused-ring (bicyclic) bond motifs is 1. The van der Waals surface area contributed by atoms with Gasteiger partial charge in [-0.2, -0.15) is 13.2 Å². The Balaban J connectivity index is 1.29. The highest BCUT2D eigenvalue weighted by Gasteiger charge is 2.31. The van der Waals surface area contributed by atoms with Gasteiger partial charge < -0.3 is 15.1 Å². The van der Waals surface area contributed by atoms with E-state index in [1.807, 2.05) is 11.0 Å². The second kappa shape index (κ2) is 8.06. The molecule has 1 aliphatic heterocycles. The van der Waals surface area contributed by atoms with Crippen LogP contribution in [-0.2, 0) is 23.8 Å². The van der Waals surface area contributed by atoms with Crippen LogP contribution in [0.4, 0.5) is 24.5 Å². The summed E-state index contributed by atoms with van der Waals surface area (Å²) in [6.45, 7) is 3.06. The molecule has 2 aromatic rings. The lowest BCUT2D eigenvalue weighted by molar-refractivity contribution is -0.892. The molecule has 0 bridgehead atoms. The molecular formula is C22H25F3N3O+. The van der Waals surface area contributed by atoms with Crippen molar-refractivity contribution < 1.29 is 22.9 Å². The maximum Gasteiger partial charge on any atom is 0.416 e. The third kappa shape index (κ3) is 4.72. The molecule has 154 valence electrons. The van der Waals surface area contributed by atoms with Gasteiger partial charge in [0.2, 0.25) is 0 Å². The van der Waals surface area contributed by atoms with Gasteiger partial charge in [-0.25, -0.2) is 0 Å². The molecule has 2 N–H and O–H groups in total. The third-order valence-electron chi connectivity index (χ3n) is 5.80. The Morgan fingerprint density at radius 2 is 1.79 bits per heavy atom. The number of aryl methyl sites for hydroxylation is 2. The highest BCUT2D eigenvalue weighted by atomic mass is 19.4. The van der Waals surface area contributed by atoms with Crippen LogP contribution in [0.1, 0.15) is 23.1 Å². The molecule has 1 saturated heterocycles. The normalized spacial score (nSPS) is 17.3. The van der Waals surface area contributed by atoms with Crippen LogP contribution in [0.3, 0.4) is 0 Å². The van der Waals surface area contributed by atoms with Crippen LogP contribution in [0.5, 0.6) is 0 Å². The summed E-state index contributed by atoms with van der Waals surface area (Å²) in [6.07, 6.45) is -0.975. The number of hydrogen-bond acceptors (Lipinski definition) is 2. The number of nitrogens with zero attached hydrogens (tertiary/aromatic N) is 1. The van der Waals surface area contributed by atoms with Crippen molar-refractivity contribution in [1.29, 1.82) is 0 Å². The molecule has 0 atom stereocenters. The number of rotatable bonds is 4. The minimum absolute atomic E-state index is 0.0227. The van der Waals surface area contributed by atoms with Crippen LogP contribution in [-0.4, -0.2) is 38.6 Å². The van der Waals surface area contributed by atoms with Crippen molar-refractivity contribution >= 4 is 17.3 Å². The molecule has 0 saturated carbocycles. The number of carbonyl (C=O) groups is 1. The molecule has 2 aromatic carbocycles. The van der Waals surface area contributed by atoms with Gasteiger partial charge in [-0.3, -0.25) is 4.79 Å². The van der Waals surface area contributed by atoms with E-state index in [4.69, 9.17) is 0 Å². The monoisotopic (exact) mass is 404 g/mol. The molecule has 1 fully saturated rings. The summed E-state index contributed by atoms with van der Waals surface area (Å²) >= 11 is 0. The number of nitrogens with one attached hydrogen (secondary N) is 2. The standard InChI is InChI=1S/C22H24F3N3O/c23-22(24,25)18-5-2-6-20(14-18)28-11-9-27(10-12-28)15-21(29)26-19-8-7-16-3-1-4-17(16)13-19/h2,5-8,13-14H,1,3-4,9-12,15H2,(H,26,29)/p+1. The molecule has 1 heterocycles. The molecule has 29 heavy (non-hydrogen) atoms. The summed E-state index contributed by atoms with van der Waals surface area (Å²) in [5.41, 5.74) is 3.50. The molecule has 0 unspecified atom stereocenters. The number of benzene rings is 2. The third-order valence-corrected chi connectivity index (χ3v) is 5.80. The Labute approximate surface area is 168 Å². The van der Waals surface area contributed by atoms with Gasteiger partial charge in [0, 0.05) is 11.4 Å². The Morgan fingerprint density at radius 1 is 1.03 bits per heavy atom. The van der Waals surface area contributed by atoms with Crippen molar-refractivity contribution in [3.63, 3.8) is 0 Å². The van der Waals surface area contributed by atoms with Crippen molar-refractivity contribution in [2.45, 2.75) is 25.4 Å². The van der Waals surface area contributed by atoms with Crippen LogP contribution in [0.2, 0.25) is 0 Å². The Morgan fingerprint density at radius 3 is 2.55 bits per heavy atom. The number of carbonyl (C=O) groups excluding carboxylic acids is 1. The molecule has 0 aromatic heterocycles. The van der Waals surface area contributed by atoms with Crippen molar-refractivity contribution in [3.05, 3.63) is 59.2 Å². The number of hydrogen-bond donors (Lipinski definition) is 2. The molecule has 2 aliphatic rings. The van der Waals surface area contributed by atoms with Crippen molar-refractivity contribution in [2.24, 2.45) is 0 Å². The number of halogens is 3. The minimum Gasteiger partial charge on any atom is -0.360 e. The summed E-state index contributed by atoms with van der Waals surface area (Å²) in [6, 6.07) is 11.6. The molecule has 4 nitrogen and oxygen atoms in total. The first-order valence-electron chi connectivity index (χ1n) is 10.1. The van der Waals surface area contributed by atoms with Crippen LogP contribution in [0.25, 0.3) is 0 Å². The van der Waals surface area contributed by atoms with Crippen molar-refractivity contribution in [2.75, 3.05) is 42.9 Å². The molecule has 1 amide bonds. The van der Waals surface area contributed by atoms with E-state index in [-0.39, 0.29) is 5.91 Å². The second-order valence-electron chi connectivity index (χ2n) is 7.85. The SMILES string of the molecule is O=C(C[NH+]1CCN(c2cccc(C(F)(F)F)c2)CC1)Nc1ccc2c(c1)CCC2. The summed E-state index contributed by atoms with van der Waals surface area (Å²) in [4.78, 5) is 15.5. The zero-order chi connectivity index (χ0) is 20.4. The molecule has 7 heteroatoms. The first kappa shape index (κ1) is 19.8. The Kier molecular flexibility index (Phi) is 5.50. The van der Waals surface area contributed by atoms with Crippen molar-refractivity contribution in [1.82, 2.24) is 0 Å². The van der Waals surface area contributed by atoms with Crippen molar-refractivity contribution in [3.8, 4) is 0 Å². The van der Waals surface area contributed by atoms with Gasteiger partial charge in [0.15, 0.2) is 6.54 Å². The average molecular weight is 404 g/mol. The first-order valence-corrected chi connectivity index (χ1v) is 10.1. The van der Waals surface area contributed by atoms with E-state index >= 15 is 0 Å². The van der Waals surface area contributed by atoms with Crippen LogP contribution in [0.15, 0.2) is 42.5 Å². The number of anilines is 2. The lowest BCUT2D eigenvalue weighted by Gasteiger charge is -2.33. The molecule has 0 radical (unpaired) electrons. The number of alkyl halides is 3. The lowest BCUT2D eigenvalue weighted by Crippen LogP contribution is -3.15. The minimum atomic E-state index is -4.33. The summed E-state index contributed by atoms with van der Waals surface area (Å²) in [7, 11) is 0. The average Bonchev–Trinajstić information content (AvgIpc) is 3.16. The van der Waals surface area contributed by atoms with Gasteiger partial charge in [0.05, 0.1) is 31.7 Å². The largest absolute Gasteiger partial charge is 0.416 e. The van der Waals surface area contributed by atoms with E-state index in [1.165, 1.54) is 29.7 Å². The summed E-state index contributed by atoms with van der Waals surface area (Å²) in [5, 5.41) is 2.99. The maximum atomic E-state index is 12.9. The van der Waals surface area contributed by atoms with E-state index in [2.05, 4.69) is 17.4 Å². The van der Waals surface area contributed by atoms with E-state index in [9.17, 15) is 18.0 Å². The van der Waals surface area contributed by atoms with Gasteiger partial charge in [-0.05, 0) is 60.7 Å².